The van der Waals surface area contributed by atoms with Crippen LogP contribution in [0.4, 0.5) is 0 Å². The fourth-order valence-electron chi connectivity index (χ4n) is 3.14. The SMILES string of the molecule is CC(=O)OC1CC/C(C)=C/CC/C(C=O)=C\[C@@H]2C[C@@]12C. The van der Waals surface area contributed by atoms with Crippen molar-refractivity contribution < 1.29 is 14.3 Å². The number of esters is 1. The van der Waals surface area contributed by atoms with Crippen LogP contribution >= 0.6 is 0 Å². The lowest BCUT2D eigenvalue weighted by Gasteiger charge is -2.24. The molecule has 3 nitrogen and oxygen atoms in total. The van der Waals surface area contributed by atoms with Gasteiger partial charge in [0.25, 0.3) is 0 Å². The lowest BCUT2D eigenvalue weighted by molar-refractivity contribution is -0.150. The Morgan fingerprint density at radius 3 is 2.85 bits per heavy atom. The molecule has 2 aliphatic rings. The van der Waals surface area contributed by atoms with Crippen molar-refractivity contribution >= 4 is 12.3 Å². The molecule has 0 radical (unpaired) electrons. The Balaban J connectivity index is 2.22. The number of fused-ring (bicyclic) bond motifs is 1. The van der Waals surface area contributed by atoms with Crippen molar-refractivity contribution in [2.24, 2.45) is 11.3 Å². The van der Waals surface area contributed by atoms with Crippen molar-refractivity contribution in [3.05, 3.63) is 23.3 Å². The summed E-state index contributed by atoms with van der Waals surface area (Å²) in [5.74, 6) is 0.156. The molecule has 0 spiro atoms. The Morgan fingerprint density at radius 2 is 2.20 bits per heavy atom. The number of rotatable bonds is 2. The van der Waals surface area contributed by atoms with Crippen molar-refractivity contribution in [1.82, 2.24) is 0 Å². The van der Waals surface area contributed by atoms with Crippen LogP contribution < -0.4 is 0 Å². The summed E-state index contributed by atoms with van der Waals surface area (Å²) >= 11 is 0. The predicted octanol–water partition coefficient (Wildman–Crippen LogP) is 3.59. The average Bonchev–Trinajstić information content (AvgIpc) is 3.03. The van der Waals surface area contributed by atoms with Crippen LogP contribution in [0.3, 0.4) is 0 Å². The summed E-state index contributed by atoms with van der Waals surface area (Å²) in [4.78, 5) is 22.5. The topological polar surface area (TPSA) is 43.4 Å². The molecule has 0 saturated heterocycles. The van der Waals surface area contributed by atoms with Gasteiger partial charge in [-0.15, -0.1) is 0 Å². The second-order valence-electron chi connectivity index (χ2n) is 6.40. The highest BCUT2D eigenvalue weighted by molar-refractivity contribution is 5.73. The molecular formula is C17H24O3. The maximum atomic E-state index is 11.3. The monoisotopic (exact) mass is 276 g/mol. The summed E-state index contributed by atoms with van der Waals surface area (Å²) in [6, 6.07) is 0. The molecule has 20 heavy (non-hydrogen) atoms. The van der Waals surface area contributed by atoms with Gasteiger partial charge in [0.15, 0.2) is 0 Å². The number of carbonyl (C=O) groups is 2. The van der Waals surface area contributed by atoms with E-state index in [1.165, 1.54) is 12.5 Å². The van der Waals surface area contributed by atoms with Crippen molar-refractivity contribution in [2.45, 2.75) is 59.0 Å². The molecule has 1 fully saturated rings. The van der Waals surface area contributed by atoms with Gasteiger partial charge in [-0.3, -0.25) is 9.59 Å². The Morgan fingerprint density at radius 1 is 1.45 bits per heavy atom. The zero-order valence-electron chi connectivity index (χ0n) is 12.6. The van der Waals surface area contributed by atoms with Gasteiger partial charge in [-0.1, -0.05) is 24.6 Å². The highest BCUT2D eigenvalue weighted by Gasteiger charge is 2.55. The number of ether oxygens (including phenoxy) is 1. The van der Waals surface area contributed by atoms with E-state index in [1.54, 1.807) is 0 Å². The van der Waals surface area contributed by atoms with Crippen LogP contribution in [0.5, 0.6) is 0 Å². The number of hydrogen-bond acceptors (Lipinski definition) is 3. The molecule has 0 aromatic carbocycles. The van der Waals surface area contributed by atoms with Crippen molar-refractivity contribution in [3.8, 4) is 0 Å². The quantitative estimate of drug-likeness (QED) is 0.440. The fraction of sp³-hybridized carbons (Fsp3) is 0.647. The molecule has 0 aliphatic heterocycles. The molecule has 3 heteroatoms. The minimum atomic E-state index is -0.210. The van der Waals surface area contributed by atoms with E-state index in [1.807, 2.05) is 0 Å². The highest BCUT2D eigenvalue weighted by atomic mass is 16.5. The highest BCUT2D eigenvalue weighted by Crippen LogP contribution is 2.58. The van der Waals surface area contributed by atoms with Crippen LogP contribution in [0.15, 0.2) is 23.3 Å². The largest absolute Gasteiger partial charge is 0.462 e. The van der Waals surface area contributed by atoms with E-state index >= 15 is 0 Å². The Hall–Kier alpha value is -1.38. The fourth-order valence-corrected chi connectivity index (χ4v) is 3.14. The number of aldehydes is 1. The van der Waals surface area contributed by atoms with Gasteiger partial charge in [0.05, 0.1) is 0 Å². The second kappa shape index (κ2) is 5.94. The third-order valence-corrected chi connectivity index (χ3v) is 4.68. The van der Waals surface area contributed by atoms with Gasteiger partial charge in [-0.25, -0.2) is 0 Å². The molecule has 3 atom stereocenters. The van der Waals surface area contributed by atoms with Crippen LogP contribution in [-0.2, 0) is 14.3 Å². The molecule has 2 rings (SSSR count). The molecule has 2 aliphatic carbocycles. The van der Waals surface area contributed by atoms with Crippen LogP contribution in [0.25, 0.3) is 0 Å². The molecule has 0 bridgehead atoms. The van der Waals surface area contributed by atoms with Crippen LogP contribution in [0.2, 0.25) is 0 Å². The Labute approximate surface area is 121 Å². The minimum Gasteiger partial charge on any atom is -0.462 e. The number of carbonyl (C=O) groups excluding carboxylic acids is 2. The standard InChI is InChI=1S/C17H24O3/c1-12-5-4-6-14(11-18)9-15-10-17(15,3)16(8-7-12)20-13(2)19/h5,9,11,15-16H,4,6-8,10H2,1-3H3/b12-5+,14-9+/t15-,16?,17-/m1/s1. The summed E-state index contributed by atoms with van der Waals surface area (Å²) in [7, 11) is 0. The van der Waals surface area contributed by atoms with Gasteiger partial charge in [-0.2, -0.15) is 0 Å². The van der Waals surface area contributed by atoms with Crippen LogP contribution in [-0.4, -0.2) is 18.4 Å². The first-order valence-electron chi connectivity index (χ1n) is 7.44. The van der Waals surface area contributed by atoms with Gasteiger partial charge in [0, 0.05) is 12.3 Å². The first kappa shape index (κ1) is 15.0. The molecule has 0 N–H and O–H groups in total. The Kier molecular flexibility index (Phi) is 4.46. The molecule has 1 saturated carbocycles. The van der Waals surface area contributed by atoms with E-state index in [9.17, 15) is 9.59 Å². The maximum absolute atomic E-state index is 11.3. The van der Waals surface area contributed by atoms with E-state index in [4.69, 9.17) is 4.74 Å². The molecule has 0 aromatic heterocycles. The third kappa shape index (κ3) is 3.38. The first-order chi connectivity index (χ1) is 9.45. The lowest BCUT2D eigenvalue weighted by Crippen LogP contribution is -2.27. The predicted molar refractivity (Wildman–Crippen MR) is 78.1 cm³/mol. The summed E-state index contributed by atoms with van der Waals surface area (Å²) in [5.41, 5.74) is 2.20. The van der Waals surface area contributed by atoms with Gasteiger partial charge in [0.2, 0.25) is 0 Å². The van der Waals surface area contributed by atoms with Crippen molar-refractivity contribution in [3.63, 3.8) is 0 Å². The van der Waals surface area contributed by atoms with Gasteiger partial charge in [0.1, 0.15) is 12.4 Å². The molecule has 1 unspecified atom stereocenters. The van der Waals surface area contributed by atoms with E-state index in [0.29, 0.717) is 5.92 Å². The van der Waals surface area contributed by atoms with Crippen molar-refractivity contribution in [2.75, 3.05) is 0 Å². The summed E-state index contributed by atoms with van der Waals surface area (Å²) in [6.45, 7) is 5.75. The zero-order valence-corrected chi connectivity index (χ0v) is 12.6. The van der Waals surface area contributed by atoms with E-state index in [-0.39, 0.29) is 17.5 Å². The molecule has 0 heterocycles. The molecule has 0 amide bonds. The van der Waals surface area contributed by atoms with Gasteiger partial charge >= 0.3 is 5.97 Å². The molecular weight excluding hydrogens is 252 g/mol. The summed E-state index contributed by atoms with van der Waals surface area (Å²) < 4.78 is 5.55. The minimum absolute atomic E-state index is 0.00451. The Bertz CT molecular complexity index is 461. The number of allylic oxidation sites excluding steroid dienone is 4. The normalized spacial score (nSPS) is 39.1. The van der Waals surface area contributed by atoms with Gasteiger partial charge in [-0.05, 0) is 50.5 Å². The average molecular weight is 276 g/mol. The van der Waals surface area contributed by atoms with Gasteiger partial charge < -0.3 is 4.74 Å². The second-order valence-corrected chi connectivity index (χ2v) is 6.40. The maximum Gasteiger partial charge on any atom is 0.302 e. The molecule has 0 aromatic rings. The van der Waals surface area contributed by atoms with E-state index < -0.39 is 0 Å². The van der Waals surface area contributed by atoms with Crippen LogP contribution in [0, 0.1) is 11.3 Å². The lowest BCUT2D eigenvalue weighted by atomic mass is 9.92. The van der Waals surface area contributed by atoms with E-state index in [2.05, 4.69) is 26.0 Å². The third-order valence-electron chi connectivity index (χ3n) is 4.68. The molecule has 110 valence electrons. The zero-order chi connectivity index (χ0) is 14.8. The summed E-state index contributed by atoms with van der Waals surface area (Å²) in [6.07, 6.45) is 9.78. The smallest absolute Gasteiger partial charge is 0.302 e. The van der Waals surface area contributed by atoms with Crippen LogP contribution in [0.1, 0.15) is 52.9 Å². The number of hydrogen-bond donors (Lipinski definition) is 0. The van der Waals surface area contributed by atoms with E-state index in [0.717, 1.165) is 44.0 Å². The first-order valence-corrected chi connectivity index (χ1v) is 7.44. The van der Waals surface area contributed by atoms with Crippen molar-refractivity contribution in [1.29, 1.82) is 0 Å². The summed E-state index contributed by atoms with van der Waals surface area (Å²) in [5, 5.41) is 0.